The van der Waals surface area contributed by atoms with Crippen molar-refractivity contribution in [3.8, 4) is 0 Å². The molecule has 1 atom stereocenters. The van der Waals surface area contributed by atoms with E-state index in [4.69, 9.17) is 0 Å². The molecule has 1 unspecified atom stereocenters. The summed E-state index contributed by atoms with van der Waals surface area (Å²) in [5.74, 6) is -0.297. The second-order valence-corrected chi connectivity index (χ2v) is 6.21. The van der Waals surface area contributed by atoms with Crippen LogP contribution >= 0.6 is 38.5 Å². The molecule has 2 rings (SSSR count). The molecule has 0 saturated carbocycles. The first-order valence-corrected chi connectivity index (χ1v) is 7.30. The number of aliphatic hydroxyl groups is 1. The molecule has 0 amide bonds. The van der Waals surface area contributed by atoms with E-state index in [-0.39, 0.29) is 5.82 Å². The van der Waals surface area contributed by atoms with Crippen LogP contribution in [0.15, 0.2) is 46.9 Å². The predicted molar refractivity (Wildman–Crippen MR) is 81.9 cm³/mol. The van der Waals surface area contributed by atoms with E-state index in [9.17, 15) is 9.50 Å². The van der Waals surface area contributed by atoms with E-state index in [0.29, 0.717) is 10.9 Å². The van der Waals surface area contributed by atoms with E-state index >= 15 is 0 Å². The molecule has 0 fully saturated rings. The van der Waals surface area contributed by atoms with Gasteiger partial charge in [-0.15, -0.1) is 0 Å². The predicted octanol–water partition coefficient (Wildman–Crippen LogP) is 4.47. The average Bonchev–Trinajstić information content (AvgIpc) is 2.28. The maximum Gasteiger partial charge on any atom is 0.124 e. The van der Waals surface area contributed by atoms with Crippen molar-refractivity contribution in [1.29, 1.82) is 0 Å². The third kappa shape index (κ3) is 3.76. The Balaban J connectivity index is 2.15. The summed E-state index contributed by atoms with van der Waals surface area (Å²) in [7, 11) is 0. The van der Waals surface area contributed by atoms with E-state index < -0.39 is 6.10 Å². The summed E-state index contributed by atoms with van der Waals surface area (Å²) in [6, 6.07) is 12.3. The molecule has 2 aromatic carbocycles. The summed E-state index contributed by atoms with van der Waals surface area (Å²) in [6.45, 7) is 0. The minimum absolute atomic E-state index is 0.297. The lowest BCUT2D eigenvalue weighted by atomic mass is 10.0. The van der Waals surface area contributed by atoms with Gasteiger partial charge in [-0.25, -0.2) is 4.39 Å². The maximum atomic E-state index is 13.2. The topological polar surface area (TPSA) is 20.2 Å². The summed E-state index contributed by atoms with van der Waals surface area (Å²) < 4.78 is 15.0. The smallest absolute Gasteiger partial charge is 0.124 e. The molecule has 4 heteroatoms. The van der Waals surface area contributed by atoms with Crippen LogP contribution in [0.1, 0.15) is 17.2 Å². The van der Waals surface area contributed by atoms with Gasteiger partial charge in [0.1, 0.15) is 5.82 Å². The highest BCUT2D eigenvalue weighted by Crippen LogP contribution is 2.22. The normalized spacial score (nSPS) is 12.4. The molecule has 0 aliphatic carbocycles. The SMILES string of the molecule is OC(Cc1cc(F)cc(Br)c1)c1ccc(I)cc1. The molecule has 0 aromatic heterocycles. The zero-order valence-corrected chi connectivity index (χ0v) is 13.2. The molecule has 0 spiro atoms. The Morgan fingerprint density at radius 1 is 1.17 bits per heavy atom. The van der Waals surface area contributed by atoms with Gasteiger partial charge in [0.15, 0.2) is 0 Å². The van der Waals surface area contributed by atoms with Crippen LogP contribution in [-0.2, 0) is 6.42 Å². The Labute approximate surface area is 127 Å². The fourth-order valence-corrected chi connectivity index (χ4v) is 2.63. The lowest BCUT2D eigenvalue weighted by Crippen LogP contribution is -2.02. The Hall–Kier alpha value is -0.460. The number of aliphatic hydroxyl groups excluding tert-OH is 1. The fourth-order valence-electron chi connectivity index (χ4n) is 1.75. The molecule has 18 heavy (non-hydrogen) atoms. The minimum Gasteiger partial charge on any atom is -0.388 e. The van der Waals surface area contributed by atoms with Gasteiger partial charge in [0.2, 0.25) is 0 Å². The molecule has 1 N–H and O–H groups in total. The molecule has 2 aromatic rings. The maximum absolute atomic E-state index is 13.2. The van der Waals surface area contributed by atoms with Crippen molar-refractivity contribution in [1.82, 2.24) is 0 Å². The van der Waals surface area contributed by atoms with Crippen LogP contribution < -0.4 is 0 Å². The van der Waals surface area contributed by atoms with Crippen molar-refractivity contribution in [3.05, 3.63) is 67.5 Å². The zero-order valence-electron chi connectivity index (χ0n) is 9.41. The number of rotatable bonds is 3. The van der Waals surface area contributed by atoms with Crippen LogP contribution in [-0.4, -0.2) is 5.11 Å². The summed E-state index contributed by atoms with van der Waals surface area (Å²) in [5.41, 5.74) is 1.61. The zero-order chi connectivity index (χ0) is 13.1. The summed E-state index contributed by atoms with van der Waals surface area (Å²) in [6.07, 6.45) is -0.215. The van der Waals surface area contributed by atoms with Crippen molar-refractivity contribution in [2.75, 3.05) is 0 Å². The van der Waals surface area contributed by atoms with Gasteiger partial charge in [0, 0.05) is 14.5 Å². The molecule has 0 bridgehead atoms. The highest BCUT2D eigenvalue weighted by atomic mass is 127. The molecule has 0 aliphatic heterocycles. The Bertz CT molecular complexity index is 522. The lowest BCUT2D eigenvalue weighted by Gasteiger charge is -2.11. The van der Waals surface area contributed by atoms with Gasteiger partial charge < -0.3 is 5.11 Å². The van der Waals surface area contributed by atoms with Gasteiger partial charge in [0.25, 0.3) is 0 Å². The van der Waals surface area contributed by atoms with Crippen molar-refractivity contribution < 1.29 is 9.50 Å². The molecule has 0 saturated heterocycles. The Kier molecular flexibility index (Phi) is 4.75. The first-order valence-electron chi connectivity index (χ1n) is 5.43. The first kappa shape index (κ1) is 14.0. The second-order valence-electron chi connectivity index (χ2n) is 4.05. The van der Waals surface area contributed by atoms with E-state index in [2.05, 4.69) is 38.5 Å². The highest BCUT2D eigenvalue weighted by Gasteiger charge is 2.09. The van der Waals surface area contributed by atoms with E-state index in [1.807, 2.05) is 30.3 Å². The van der Waals surface area contributed by atoms with Gasteiger partial charge in [0.05, 0.1) is 6.10 Å². The fraction of sp³-hybridized carbons (Fsp3) is 0.143. The molecule has 0 radical (unpaired) electrons. The van der Waals surface area contributed by atoms with Crippen LogP contribution in [0.3, 0.4) is 0 Å². The number of hydrogen-bond donors (Lipinski definition) is 1. The largest absolute Gasteiger partial charge is 0.388 e. The summed E-state index contributed by atoms with van der Waals surface area (Å²) in [5, 5.41) is 10.1. The van der Waals surface area contributed by atoms with Crippen LogP contribution in [0.5, 0.6) is 0 Å². The summed E-state index contributed by atoms with van der Waals surface area (Å²) >= 11 is 5.46. The van der Waals surface area contributed by atoms with Gasteiger partial charge in [-0.1, -0.05) is 28.1 Å². The molecule has 0 aliphatic rings. The van der Waals surface area contributed by atoms with Crippen molar-refractivity contribution >= 4 is 38.5 Å². The van der Waals surface area contributed by atoms with Crippen LogP contribution in [0.2, 0.25) is 0 Å². The molecular formula is C14H11BrFIO. The molecule has 0 heterocycles. The molecular weight excluding hydrogens is 410 g/mol. The summed E-state index contributed by atoms with van der Waals surface area (Å²) in [4.78, 5) is 0. The van der Waals surface area contributed by atoms with Gasteiger partial charge >= 0.3 is 0 Å². The first-order chi connectivity index (χ1) is 8.54. The van der Waals surface area contributed by atoms with Gasteiger partial charge in [-0.2, -0.15) is 0 Å². The van der Waals surface area contributed by atoms with Crippen LogP contribution in [0.25, 0.3) is 0 Å². The second kappa shape index (κ2) is 6.12. The lowest BCUT2D eigenvalue weighted by molar-refractivity contribution is 0.178. The van der Waals surface area contributed by atoms with E-state index in [0.717, 1.165) is 14.7 Å². The van der Waals surface area contributed by atoms with Crippen molar-refractivity contribution in [3.63, 3.8) is 0 Å². The standard InChI is InChI=1S/C14H11BrFIO/c15-11-5-9(6-12(16)8-11)7-14(18)10-1-3-13(17)4-2-10/h1-6,8,14,18H,7H2. The molecule has 1 nitrogen and oxygen atoms in total. The Morgan fingerprint density at radius 3 is 2.44 bits per heavy atom. The number of halogens is 3. The van der Waals surface area contributed by atoms with E-state index in [1.54, 1.807) is 0 Å². The number of benzene rings is 2. The number of hydrogen-bond acceptors (Lipinski definition) is 1. The third-order valence-corrected chi connectivity index (χ3v) is 3.78. The molecule has 94 valence electrons. The van der Waals surface area contributed by atoms with Gasteiger partial charge in [-0.05, 0) is 64.0 Å². The highest BCUT2D eigenvalue weighted by molar-refractivity contribution is 14.1. The minimum atomic E-state index is -0.615. The quantitative estimate of drug-likeness (QED) is 0.726. The van der Waals surface area contributed by atoms with E-state index in [1.165, 1.54) is 12.1 Å². The Morgan fingerprint density at radius 2 is 1.83 bits per heavy atom. The third-order valence-electron chi connectivity index (χ3n) is 2.61. The average molecular weight is 421 g/mol. The monoisotopic (exact) mass is 420 g/mol. The van der Waals surface area contributed by atoms with Gasteiger partial charge in [-0.3, -0.25) is 0 Å². The van der Waals surface area contributed by atoms with Crippen molar-refractivity contribution in [2.24, 2.45) is 0 Å². The van der Waals surface area contributed by atoms with Crippen molar-refractivity contribution in [2.45, 2.75) is 12.5 Å². The van der Waals surface area contributed by atoms with Crippen LogP contribution in [0, 0.1) is 9.39 Å². The van der Waals surface area contributed by atoms with Crippen LogP contribution in [0.4, 0.5) is 4.39 Å².